The van der Waals surface area contributed by atoms with Gasteiger partial charge in [0.15, 0.2) is 0 Å². The van der Waals surface area contributed by atoms with Gasteiger partial charge in [0, 0.05) is 0 Å². The predicted octanol–water partition coefficient (Wildman–Crippen LogP) is 3.84. The highest BCUT2D eigenvalue weighted by Crippen LogP contribution is 2.23. The highest BCUT2D eigenvalue weighted by molar-refractivity contribution is 5.34. The first kappa shape index (κ1) is 11.7. The van der Waals surface area contributed by atoms with Crippen molar-refractivity contribution in [3.05, 3.63) is 59.7 Å². The largest absolute Gasteiger partial charge is 0.457 e. The van der Waals surface area contributed by atoms with Crippen LogP contribution in [0.25, 0.3) is 0 Å². The van der Waals surface area contributed by atoms with Crippen molar-refractivity contribution >= 4 is 0 Å². The van der Waals surface area contributed by atoms with E-state index in [2.05, 4.69) is 0 Å². The lowest BCUT2D eigenvalue weighted by molar-refractivity contribution is 0.199. The van der Waals surface area contributed by atoms with Gasteiger partial charge < -0.3 is 9.84 Å². The second kappa shape index (κ2) is 5.02. The third-order valence-corrected chi connectivity index (χ3v) is 2.62. The third-order valence-electron chi connectivity index (χ3n) is 2.62. The molecule has 0 spiro atoms. The van der Waals surface area contributed by atoms with Crippen molar-refractivity contribution in [2.45, 2.75) is 20.0 Å². The van der Waals surface area contributed by atoms with Crippen LogP contribution in [0.1, 0.15) is 24.2 Å². The van der Waals surface area contributed by atoms with Crippen LogP contribution in [0.15, 0.2) is 48.5 Å². The Hall–Kier alpha value is -1.80. The van der Waals surface area contributed by atoms with Crippen molar-refractivity contribution in [2.75, 3.05) is 0 Å². The Bertz CT molecular complexity index is 469. The van der Waals surface area contributed by atoms with E-state index in [0.717, 1.165) is 17.1 Å². The highest BCUT2D eigenvalue weighted by Gasteiger charge is 2.01. The van der Waals surface area contributed by atoms with Gasteiger partial charge in [-0.05, 0) is 43.7 Å². The zero-order valence-corrected chi connectivity index (χ0v) is 10.1. The second-order valence-corrected chi connectivity index (χ2v) is 4.16. The monoisotopic (exact) mass is 228 g/mol. The molecule has 0 aliphatic rings. The van der Waals surface area contributed by atoms with Crippen LogP contribution in [-0.2, 0) is 0 Å². The van der Waals surface area contributed by atoms with Gasteiger partial charge in [0.2, 0.25) is 0 Å². The number of aliphatic hydroxyl groups excluding tert-OH is 1. The quantitative estimate of drug-likeness (QED) is 0.864. The maximum atomic E-state index is 9.39. The molecule has 0 aliphatic heterocycles. The first-order valence-electron chi connectivity index (χ1n) is 5.68. The SMILES string of the molecule is Cc1ccc(Oc2ccc(C(C)O)cc2)cc1. The fourth-order valence-corrected chi connectivity index (χ4v) is 1.56. The zero-order valence-electron chi connectivity index (χ0n) is 10.1. The molecule has 0 radical (unpaired) electrons. The van der Waals surface area contributed by atoms with Gasteiger partial charge in [-0.1, -0.05) is 29.8 Å². The molecule has 1 N–H and O–H groups in total. The first-order chi connectivity index (χ1) is 8.15. The molecule has 0 amide bonds. The summed E-state index contributed by atoms with van der Waals surface area (Å²) < 4.78 is 5.69. The van der Waals surface area contributed by atoms with E-state index in [4.69, 9.17) is 4.74 Å². The number of aliphatic hydroxyl groups is 1. The number of rotatable bonds is 3. The average molecular weight is 228 g/mol. The Kier molecular flexibility index (Phi) is 3.45. The van der Waals surface area contributed by atoms with Gasteiger partial charge in [-0.25, -0.2) is 0 Å². The van der Waals surface area contributed by atoms with E-state index in [1.807, 2.05) is 55.5 Å². The van der Waals surface area contributed by atoms with Crippen molar-refractivity contribution in [3.8, 4) is 11.5 Å². The molecule has 0 aliphatic carbocycles. The van der Waals surface area contributed by atoms with Gasteiger partial charge in [-0.2, -0.15) is 0 Å². The number of aryl methyl sites for hydroxylation is 1. The molecule has 2 aromatic carbocycles. The van der Waals surface area contributed by atoms with E-state index in [-0.39, 0.29) is 0 Å². The fraction of sp³-hybridized carbons (Fsp3) is 0.200. The number of hydrogen-bond donors (Lipinski definition) is 1. The number of benzene rings is 2. The summed E-state index contributed by atoms with van der Waals surface area (Å²) >= 11 is 0. The van der Waals surface area contributed by atoms with Crippen LogP contribution in [0.5, 0.6) is 11.5 Å². The van der Waals surface area contributed by atoms with Gasteiger partial charge in [0.25, 0.3) is 0 Å². The maximum absolute atomic E-state index is 9.39. The van der Waals surface area contributed by atoms with Gasteiger partial charge in [-0.3, -0.25) is 0 Å². The lowest BCUT2D eigenvalue weighted by Gasteiger charge is -2.08. The molecule has 1 atom stereocenters. The molecule has 0 bridgehead atoms. The number of ether oxygens (including phenoxy) is 1. The van der Waals surface area contributed by atoms with Gasteiger partial charge in [0.05, 0.1) is 6.10 Å². The van der Waals surface area contributed by atoms with E-state index >= 15 is 0 Å². The second-order valence-electron chi connectivity index (χ2n) is 4.16. The van der Waals surface area contributed by atoms with Crippen LogP contribution in [0, 0.1) is 6.92 Å². The zero-order chi connectivity index (χ0) is 12.3. The lowest BCUT2D eigenvalue weighted by atomic mass is 10.1. The fourth-order valence-electron chi connectivity index (χ4n) is 1.56. The van der Waals surface area contributed by atoms with Crippen molar-refractivity contribution in [1.29, 1.82) is 0 Å². The summed E-state index contributed by atoms with van der Waals surface area (Å²) in [6.45, 7) is 3.79. The highest BCUT2D eigenvalue weighted by atomic mass is 16.5. The van der Waals surface area contributed by atoms with E-state index in [9.17, 15) is 5.11 Å². The van der Waals surface area contributed by atoms with E-state index in [1.165, 1.54) is 5.56 Å². The van der Waals surface area contributed by atoms with Crippen molar-refractivity contribution in [2.24, 2.45) is 0 Å². The van der Waals surface area contributed by atoms with E-state index in [1.54, 1.807) is 6.92 Å². The molecule has 0 saturated heterocycles. The normalized spacial score (nSPS) is 12.2. The Morgan fingerprint density at radius 1 is 0.882 bits per heavy atom. The Balaban J connectivity index is 2.11. The van der Waals surface area contributed by atoms with Crippen molar-refractivity contribution < 1.29 is 9.84 Å². The molecule has 1 unspecified atom stereocenters. The van der Waals surface area contributed by atoms with Crippen molar-refractivity contribution in [3.63, 3.8) is 0 Å². The molecule has 2 nitrogen and oxygen atoms in total. The molecular weight excluding hydrogens is 212 g/mol. The van der Waals surface area contributed by atoms with Gasteiger partial charge in [-0.15, -0.1) is 0 Å². The van der Waals surface area contributed by atoms with Crippen LogP contribution in [0.3, 0.4) is 0 Å². The Morgan fingerprint density at radius 3 is 1.82 bits per heavy atom. The molecule has 2 heteroatoms. The van der Waals surface area contributed by atoms with Gasteiger partial charge >= 0.3 is 0 Å². The molecular formula is C15H16O2. The van der Waals surface area contributed by atoms with Crippen LogP contribution in [-0.4, -0.2) is 5.11 Å². The Morgan fingerprint density at radius 2 is 1.35 bits per heavy atom. The summed E-state index contributed by atoms with van der Waals surface area (Å²) in [5.41, 5.74) is 2.10. The molecule has 2 rings (SSSR count). The first-order valence-corrected chi connectivity index (χ1v) is 5.68. The minimum absolute atomic E-state index is 0.441. The van der Waals surface area contributed by atoms with Crippen LogP contribution >= 0.6 is 0 Å². The molecule has 88 valence electrons. The standard InChI is InChI=1S/C15H16O2/c1-11-3-7-14(8-4-11)17-15-9-5-13(6-10-15)12(2)16/h3-10,12,16H,1-2H3. The summed E-state index contributed by atoms with van der Waals surface area (Å²) in [7, 11) is 0. The Labute approximate surface area is 101 Å². The molecule has 0 aromatic heterocycles. The predicted molar refractivity (Wildman–Crippen MR) is 68.3 cm³/mol. The molecule has 0 saturated carbocycles. The lowest BCUT2D eigenvalue weighted by Crippen LogP contribution is -1.90. The van der Waals surface area contributed by atoms with Crippen LogP contribution in [0.2, 0.25) is 0 Å². The number of hydrogen-bond acceptors (Lipinski definition) is 2. The van der Waals surface area contributed by atoms with Crippen molar-refractivity contribution in [1.82, 2.24) is 0 Å². The molecule has 17 heavy (non-hydrogen) atoms. The molecule has 0 heterocycles. The minimum Gasteiger partial charge on any atom is -0.457 e. The topological polar surface area (TPSA) is 29.5 Å². The van der Waals surface area contributed by atoms with Crippen LogP contribution in [0.4, 0.5) is 0 Å². The summed E-state index contributed by atoms with van der Waals surface area (Å²) in [5.74, 6) is 1.60. The molecule has 2 aromatic rings. The van der Waals surface area contributed by atoms with E-state index < -0.39 is 6.10 Å². The summed E-state index contributed by atoms with van der Waals surface area (Å²) in [6, 6.07) is 15.4. The summed E-state index contributed by atoms with van der Waals surface area (Å²) in [6.07, 6.45) is -0.441. The van der Waals surface area contributed by atoms with E-state index in [0.29, 0.717) is 0 Å². The summed E-state index contributed by atoms with van der Waals surface area (Å²) in [5, 5.41) is 9.39. The summed E-state index contributed by atoms with van der Waals surface area (Å²) in [4.78, 5) is 0. The average Bonchev–Trinajstić information content (AvgIpc) is 2.33. The maximum Gasteiger partial charge on any atom is 0.127 e. The van der Waals surface area contributed by atoms with Crippen LogP contribution < -0.4 is 4.74 Å². The molecule has 0 fully saturated rings. The smallest absolute Gasteiger partial charge is 0.127 e. The minimum atomic E-state index is -0.441. The van der Waals surface area contributed by atoms with Gasteiger partial charge in [0.1, 0.15) is 11.5 Å². The third kappa shape index (κ3) is 3.08.